The van der Waals surface area contributed by atoms with Crippen LogP contribution >= 0.6 is 15.9 Å². The number of hydrogen-bond acceptors (Lipinski definition) is 2. The van der Waals surface area contributed by atoms with Gasteiger partial charge in [-0.1, -0.05) is 15.9 Å². The lowest BCUT2D eigenvalue weighted by Crippen LogP contribution is -2.54. The molecule has 112 valence electrons. The second-order valence-corrected chi connectivity index (χ2v) is 9.16. The van der Waals surface area contributed by atoms with Crippen molar-refractivity contribution in [2.24, 2.45) is 23.0 Å². The van der Waals surface area contributed by atoms with Crippen LogP contribution in [0.2, 0.25) is 0 Å². The molecule has 20 heavy (non-hydrogen) atoms. The second-order valence-electron chi connectivity index (χ2n) is 7.48. The average molecular weight is 343 g/mol. The van der Waals surface area contributed by atoms with Crippen LogP contribution in [-0.4, -0.2) is 22.2 Å². The summed E-state index contributed by atoms with van der Waals surface area (Å²) in [5.41, 5.74) is 5.35. The molecule has 4 aliphatic rings. The van der Waals surface area contributed by atoms with Crippen molar-refractivity contribution in [3.8, 4) is 0 Å². The van der Waals surface area contributed by atoms with Crippen LogP contribution in [0.15, 0.2) is 0 Å². The van der Waals surface area contributed by atoms with Crippen LogP contribution in [0.25, 0.3) is 0 Å². The van der Waals surface area contributed by atoms with E-state index in [1.165, 1.54) is 32.1 Å². The summed E-state index contributed by atoms with van der Waals surface area (Å²) in [7, 11) is 0. The van der Waals surface area contributed by atoms with Crippen molar-refractivity contribution in [2.75, 3.05) is 0 Å². The zero-order chi connectivity index (χ0) is 14.5. The van der Waals surface area contributed by atoms with E-state index >= 15 is 0 Å². The van der Waals surface area contributed by atoms with E-state index in [1.807, 2.05) is 0 Å². The van der Waals surface area contributed by atoms with Crippen molar-refractivity contribution in [3.05, 3.63) is 0 Å². The Kier molecular flexibility index (Phi) is 3.39. The molecule has 0 aliphatic heterocycles. The van der Waals surface area contributed by atoms with Crippen molar-refractivity contribution < 1.29 is 9.59 Å². The molecule has 4 saturated carbocycles. The summed E-state index contributed by atoms with van der Waals surface area (Å²) in [5.74, 6) is 1.06. The van der Waals surface area contributed by atoms with Crippen molar-refractivity contribution in [3.63, 3.8) is 0 Å². The monoisotopic (exact) mass is 342 g/mol. The number of nitrogens with two attached hydrogens (primary N) is 1. The minimum absolute atomic E-state index is 0.0191. The first-order valence-corrected chi connectivity index (χ1v) is 8.36. The molecule has 0 spiro atoms. The van der Waals surface area contributed by atoms with Gasteiger partial charge in [0.25, 0.3) is 0 Å². The Bertz CT molecular complexity index is 437. The number of amides is 2. The summed E-state index contributed by atoms with van der Waals surface area (Å²) in [4.78, 5) is 23.3. The highest BCUT2D eigenvalue weighted by Crippen LogP contribution is 2.65. The van der Waals surface area contributed by atoms with E-state index < -0.39 is 11.9 Å². The fourth-order valence-corrected chi connectivity index (χ4v) is 6.76. The molecule has 4 nitrogen and oxygen atoms in total. The Hall–Kier alpha value is -0.580. The van der Waals surface area contributed by atoms with E-state index in [0.29, 0.717) is 6.42 Å². The fraction of sp³-hybridized carbons (Fsp3) is 0.867. The molecule has 3 unspecified atom stereocenters. The standard InChI is InChI=1S/C15H23BrN2O2/c1-9(13(17)20)18-12(19)7-14-3-10-2-11(4-14)6-15(16,5-10)8-14/h9-11H,2-8H2,1H3,(H2,17,20)(H,18,19). The van der Waals surface area contributed by atoms with Crippen LogP contribution in [0.3, 0.4) is 0 Å². The Morgan fingerprint density at radius 3 is 2.40 bits per heavy atom. The van der Waals surface area contributed by atoms with Crippen LogP contribution in [0.1, 0.15) is 51.9 Å². The Morgan fingerprint density at radius 2 is 1.90 bits per heavy atom. The number of halogens is 1. The first-order chi connectivity index (χ1) is 9.29. The molecule has 4 bridgehead atoms. The van der Waals surface area contributed by atoms with Gasteiger partial charge in [0.15, 0.2) is 0 Å². The van der Waals surface area contributed by atoms with Crippen molar-refractivity contribution in [1.29, 1.82) is 0 Å². The van der Waals surface area contributed by atoms with Crippen LogP contribution in [0.5, 0.6) is 0 Å². The fourth-order valence-electron chi connectivity index (χ4n) is 5.25. The van der Waals surface area contributed by atoms with Crippen molar-refractivity contribution in [1.82, 2.24) is 5.32 Å². The summed E-state index contributed by atoms with van der Waals surface area (Å²) in [6, 6.07) is -0.575. The van der Waals surface area contributed by atoms with E-state index in [1.54, 1.807) is 6.92 Å². The van der Waals surface area contributed by atoms with Gasteiger partial charge in [-0.25, -0.2) is 0 Å². The Morgan fingerprint density at radius 1 is 1.30 bits per heavy atom. The van der Waals surface area contributed by atoms with Crippen LogP contribution in [-0.2, 0) is 9.59 Å². The lowest BCUT2D eigenvalue weighted by Gasteiger charge is -2.60. The molecule has 5 heteroatoms. The number of nitrogens with one attached hydrogen (secondary N) is 1. The molecule has 4 rings (SSSR count). The van der Waals surface area contributed by atoms with Crippen molar-refractivity contribution in [2.45, 2.75) is 62.2 Å². The minimum Gasteiger partial charge on any atom is -0.368 e. The molecule has 0 heterocycles. The molecular weight excluding hydrogens is 320 g/mol. The van der Waals surface area contributed by atoms with Crippen LogP contribution < -0.4 is 11.1 Å². The second kappa shape index (κ2) is 4.72. The lowest BCUT2D eigenvalue weighted by molar-refractivity contribution is -0.132. The molecule has 0 radical (unpaired) electrons. The highest BCUT2D eigenvalue weighted by atomic mass is 79.9. The van der Waals surface area contributed by atoms with E-state index in [2.05, 4.69) is 21.2 Å². The number of carbonyl (C=O) groups is 2. The SMILES string of the molecule is CC(NC(=O)CC12CC3CC(CC(Br)(C3)C1)C2)C(N)=O. The van der Waals surface area contributed by atoms with E-state index in [0.717, 1.165) is 18.3 Å². The molecule has 3 atom stereocenters. The largest absolute Gasteiger partial charge is 0.368 e. The topological polar surface area (TPSA) is 72.2 Å². The lowest BCUT2D eigenvalue weighted by atomic mass is 9.48. The van der Waals surface area contributed by atoms with E-state index in [9.17, 15) is 9.59 Å². The normalized spacial score (nSPS) is 43.3. The first-order valence-electron chi connectivity index (χ1n) is 7.57. The van der Waals surface area contributed by atoms with Gasteiger partial charge in [0.05, 0.1) is 0 Å². The zero-order valence-corrected chi connectivity index (χ0v) is 13.5. The van der Waals surface area contributed by atoms with Gasteiger partial charge in [-0.05, 0) is 62.7 Å². The minimum atomic E-state index is -0.575. The van der Waals surface area contributed by atoms with Gasteiger partial charge >= 0.3 is 0 Å². The first kappa shape index (κ1) is 14.4. The smallest absolute Gasteiger partial charge is 0.239 e. The van der Waals surface area contributed by atoms with Crippen molar-refractivity contribution >= 4 is 27.7 Å². The van der Waals surface area contributed by atoms with Gasteiger partial charge < -0.3 is 11.1 Å². The summed E-state index contributed by atoms with van der Waals surface area (Å²) in [6.45, 7) is 1.64. The van der Waals surface area contributed by atoms with Gasteiger partial charge in [0.1, 0.15) is 6.04 Å². The predicted molar refractivity (Wildman–Crippen MR) is 80.2 cm³/mol. The van der Waals surface area contributed by atoms with E-state index in [4.69, 9.17) is 5.73 Å². The molecule has 4 fully saturated rings. The summed E-state index contributed by atoms with van der Waals surface area (Å²) in [6.07, 6.45) is 7.88. The number of primary amides is 1. The molecule has 3 N–H and O–H groups in total. The summed E-state index contributed by atoms with van der Waals surface area (Å²) >= 11 is 3.95. The van der Waals surface area contributed by atoms with Gasteiger partial charge in [-0.2, -0.15) is 0 Å². The van der Waals surface area contributed by atoms with Gasteiger partial charge in [0, 0.05) is 10.7 Å². The third-order valence-electron chi connectivity index (χ3n) is 5.45. The molecule has 4 aliphatic carbocycles. The predicted octanol–water partition coefficient (Wildman–Crippen LogP) is 2.10. The summed E-state index contributed by atoms with van der Waals surface area (Å²) in [5, 5.41) is 2.74. The average Bonchev–Trinajstić information content (AvgIpc) is 2.23. The van der Waals surface area contributed by atoms with Gasteiger partial charge in [0.2, 0.25) is 11.8 Å². The van der Waals surface area contributed by atoms with Crippen LogP contribution in [0.4, 0.5) is 0 Å². The third-order valence-corrected chi connectivity index (χ3v) is 6.38. The number of rotatable bonds is 4. The highest BCUT2D eigenvalue weighted by Gasteiger charge is 2.57. The zero-order valence-electron chi connectivity index (χ0n) is 12.0. The van der Waals surface area contributed by atoms with Gasteiger partial charge in [-0.15, -0.1) is 0 Å². The quantitative estimate of drug-likeness (QED) is 0.768. The maximum Gasteiger partial charge on any atom is 0.239 e. The summed E-state index contributed by atoms with van der Waals surface area (Å²) < 4.78 is 0.271. The molecule has 0 saturated heterocycles. The highest BCUT2D eigenvalue weighted by molar-refractivity contribution is 9.10. The maximum absolute atomic E-state index is 12.2. The third kappa shape index (κ3) is 2.61. The Balaban J connectivity index is 1.68. The maximum atomic E-state index is 12.2. The number of alkyl halides is 1. The molecule has 0 aromatic heterocycles. The molecule has 0 aromatic carbocycles. The number of carbonyl (C=O) groups excluding carboxylic acids is 2. The molecule has 0 aromatic rings. The molecule has 2 amide bonds. The van der Waals surface area contributed by atoms with Gasteiger partial charge in [-0.3, -0.25) is 9.59 Å². The van der Waals surface area contributed by atoms with Crippen LogP contribution in [0, 0.1) is 17.3 Å². The number of hydrogen-bond donors (Lipinski definition) is 2. The van der Waals surface area contributed by atoms with E-state index in [-0.39, 0.29) is 15.6 Å². The molecular formula is C15H23BrN2O2. The Labute approximate surface area is 128 Å².